The van der Waals surface area contributed by atoms with Crippen molar-refractivity contribution in [2.24, 2.45) is 0 Å². The van der Waals surface area contributed by atoms with E-state index in [2.05, 4.69) is 20.5 Å². The predicted octanol–water partition coefficient (Wildman–Crippen LogP) is 3.17. The number of methoxy groups -OCH3 is 1. The van der Waals surface area contributed by atoms with Crippen molar-refractivity contribution in [1.29, 1.82) is 0 Å². The fourth-order valence-electron chi connectivity index (χ4n) is 2.25. The quantitative estimate of drug-likeness (QED) is 0.717. The zero-order chi connectivity index (χ0) is 17.6. The second-order valence-electron chi connectivity index (χ2n) is 5.23. The van der Waals surface area contributed by atoms with Crippen LogP contribution in [0, 0.1) is 0 Å². The Balaban J connectivity index is 1.82. The van der Waals surface area contributed by atoms with E-state index in [1.807, 2.05) is 48.3 Å². The number of ether oxygens (including phenoxy) is 1. The third-order valence-corrected chi connectivity index (χ3v) is 3.55. The predicted molar refractivity (Wildman–Crippen MR) is 95.4 cm³/mol. The Hall–Kier alpha value is -3.48. The Morgan fingerprint density at radius 2 is 1.92 bits per heavy atom. The van der Waals surface area contributed by atoms with Gasteiger partial charge < -0.3 is 15.0 Å². The van der Waals surface area contributed by atoms with Gasteiger partial charge in [-0.1, -0.05) is 24.3 Å². The Morgan fingerprint density at radius 3 is 2.68 bits per heavy atom. The van der Waals surface area contributed by atoms with Crippen LogP contribution in [0.5, 0.6) is 0 Å². The molecule has 7 heteroatoms. The van der Waals surface area contributed by atoms with Gasteiger partial charge in [-0.25, -0.2) is 4.79 Å². The molecule has 25 heavy (non-hydrogen) atoms. The van der Waals surface area contributed by atoms with E-state index in [0.29, 0.717) is 23.0 Å². The molecule has 7 nitrogen and oxygen atoms in total. The molecule has 0 saturated carbocycles. The average Bonchev–Trinajstić information content (AvgIpc) is 2.68. The minimum Gasteiger partial charge on any atom is -0.465 e. The molecule has 0 bridgehead atoms. The maximum absolute atomic E-state index is 11.6. The maximum Gasteiger partial charge on any atom is 0.337 e. The van der Waals surface area contributed by atoms with E-state index in [-0.39, 0.29) is 0 Å². The SMILES string of the molecule is COC(=O)c1cccc(Nc2cnnc(N(C)c3ccccc3)n2)c1. The summed E-state index contributed by atoms with van der Waals surface area (Å²) in [5.41, 5.74) is 2.11. The van der Waals surface area contributed by atoms with Crippen molar-refractivity contribution in [1.82, 2.24) is 15.2 Å². The lowest BCUT2D eigenvalue weighted by Gasteiger charge is -2.17. The van der Waals surface area contributed by atoms with Gasteiger partial charge in [0.2, 0.25) is 0 Å². The van der Waals surface area contributed by atoms with Gasteiger partial charge in [-0.05, 0) is 30.3 Å². The minimum atomic E-state index is -0.394. The number of carbonyl (C=O) groups is 1. The van der Waals surface area contributed by atoms with Crippen LogP contribution in [0.3, 0.4) is 0 Å². The van der Waals surface area contributed by atoms with Crippen molar-refractivity contribution >= 4 is 29.1 Å². The van der Waals surface area contributed by atoms with E-state index in [9.17, 15) is 4.79 Å². The molecule has 3 aromatic rings. The van der Waals surface area contributed by atoms with E-state index >= 15 is 0 Å². The van der Waals surface area contributed by atoms with Crippen molar-refractivity contribution < 1.29 is 9.53 Å². The molecular weight excluding hydrogens is 318 g/mol. The monoisotopic (exact) mass is 335 g/mol. The summed E-state index contributed by atoms with van der Waals surface area (Å²) in [5, 5.41) is 11.2. The Labute approximate surface area is 145 Å². The van der Waals surface area contributed by atoms with Crippen LogP contribution < -0.4 is 10.2 Å². The molecule has 1 aromatic heterocycles. The smallest absolute Gasteiger partial charge is 0.337 e. The Bertz CT molecular complexity index is 870. The van der Waals surface area contributed by atoms with Gasteiger partial charge in [-0.2, -0.15) is 10.1 Å². The lowest BCUT2D eigenvalue weighted by atomic mass is 10.2. The summed E-state index contributed by atoms with van der Waals surface area (Å²) in [6, 6.07) is 16.7. The highest BCUT2D eigenvalue weighted by Crippen LogP contribution is 2.21. The first-order valence-corrected chi connectivity index (χ1v) is 7.61. The Kier molecular flexibility index (Phi) is 4.84. The number of hydrogen-bond donors (Lipinski definition) is 1. The van der Waals surface area contributed by atoms with E-state index in [1.165, 1.54) is 13.3 Å². The summed E-state index contributed by atoms with van der Waals surface area (Å²) in [6.45, 7) is 0. The lowest BCUT2D eigenvalue weighted by molar-refractivity contribution is 0.0601. The molecule has 126 valence electrons. The molecule has 0 aliphatic heterocycles. The molecule has 3 rings (SSSR count). The van der Waals surface area contributed by atoms with Crippen LogP contribution in [-0.2, 0) is 4.74 Å². The summed E-state index contributed by atoms with van der Waals surface area (Å²) in [7, 11) is 3.22. The number of benzene rings is 2. The number of para-hydroxylation sites is 1. The van der Waals surface area contributed by atoms with Gasteiger partial charge in [0.1, 0.15) is 0 Å². The largest absolute Gasteiger partial charge is 0.465 e. The zero-order valence-electron chi connectivity index (χ0n) is 13.9. The van der Waals surface area contributed by atoms with Crippen LogP contribution in [0.2, 0.25) is 0 Å². The van der Waals surface area contributed by atoms with E-state index in [0.717, 1.165) is 5.69 Å². The summed E-state index contributed by atoms with van der Waals surface area (Å²) >= 11 is 0. The first-order valence-electron chi connectivity index (χ1n) is 7.61. The van der Waals surface area contributed by atoms with Crippen molar-refractivity contribution in [2.45, 2.75) is 0 Å². The highest BCUT2D eigenvalue weighted by molar-refractivity contribution is 5.90. The maximum atomic E-state index is 11.6. The molecule has 0 saturated heterocycles. The molecule has 0 aliphatic rings. The summed E-state index contributed by atoms with van der Waals surface area (Å²) in [6.07, 6.45) is 1.52. The van der Waals surface area contributed by atoms with E-state index in [1.54, 1.807) is 18.2 Å². The number of carbonyl (C=O) groups excluding carboxylic acids is 1. The fraction of sp³-hybridized carbons (Fsp3) is 0.111. The van der Waals surface area contributed by atoms with Gasteiger partial charge in [0.15, 0.2) is 5.82 Å². The standard InChI is InChI=1S/C18H17N5O2/c1-23(15-9-4-3-5-10-15)18-21-16(12-19-22-18)20-14-8-6-7-13(11-14)17(24)25-2/h3-12H,1-2H3,(H,20,21,22). The molecular formula is C18H17N5O2. The zero-order valence-corrected chi connectivity index (χ0v) is 13.9. The van der Waals surface area contributed by atoms with Gasteiger partial charge in [0.05, 0.1) is 18.9 Å². The van der Waals surface area contributed by atoms with Crippen LogP contribution in [0.4, 0.5) is 23.1 Å². The number of nitrogens with one attached hydrogen (secondary N) is 1. The molecule has 0 amide bonds. The van der Waals surface area contributed by atoms with Crippen molar-refractivity contribution in [3.05, 3.63) is 66.4 Å². The fourth-order valence-corrected chi connectivity index (χ4v) is 2.25. The molecule has 1 heterocycles. The van der Waals surface area contributed by atoms with Crippen molar-refractivity contribution in [3.63, 3.8) is 0 Å². The van der Waals surface area contributed by atoms with Gasteiger partial charge in [0.25, 0.3) is 5.95 Å². The number of anilines is 4. The van der Waals surface area contributed by atoms with Crippen LogP contribution in [0.1, 0.15) is 10.4 Å². The summed E-state index contributed by atoms with van der Waals surface area (Å²) < 4.78 is 4.73. The highest BCUT2D eigenvalue weighted by atomic mass is 16.5. The second kappa shape index (κ2) is 7.39. The molecule has 0 fully saturated rings. The third kappa shape index (κ3) is 3.89. The molecule has 1 N–H and O–H groups in total. The van der Waals surface area contributed by atoms with Crippen LogP contribution >= 0.6 is 0 Å². The van der Waals surface area contributed by atoms with Gasteiger partial charge in [-0.15, -0.1) is 5.10 Å². The number of hydrogen-bond acceptors (Lipinski definition) is 7. The molecule has 0 aliphatic carbocycles. The molecule has 0 unspecified atom stereocenters. The number of aromatic nitrogens is 3. The van der Waals surface area contributed by atoms with Gasteiger partial charge in [0, 0.05) is 18.4 Å². The summed E-state index contributed by atoms with van der Waals surface area (Å²) in [4.78, 5) is 17.9. The lowest BCUT2D eigenvalue weighted by Crippen LogP contribution is -2.14. The first-order chi connectivity index (χ1) is 12.2. The van der Waals surface area contributed by atoms with Gasteiger partial charge >= 0.3 is 5.97 Å². The molecule has 0 spiro atoms. The van der Waals surface area contributed by atoms with Crippen molar-refractivity contribution in [3.8, 4) is 0 Å². The second-order valence-corrected chi connectivity index (χ2v) is 5.23. The highest BCUT2D eigenvalue weighted by Gasteiger charge is 2.10. The van der Waals surface area contributed by atoms with Crippen LogP contribution in [0.15, 0.2) is 60.8 Å². The normalized spacial score (nSPS) is 10.2. The Morgan fingerprint density at radius 1 is 1.12 bits per heavy atom. The number of esters is 1. The molecule has 0 radical (unpaired) electrons. The first kappa shape index (κ1) is 16.4. The topological polar surface area (TPSA) is 80.2 Å². The molecule has 0 atom stereocenters. The minimum absolute atomic E-state index is 0.394. The third-order valence-electron chi connectivity index (χ3n) is 3.55. The van der Waals surface area contributed by atoms with E-state index in [4.69, 9.17) is 4.74 Å². The van der Waals surface area contributed by atoms with Crippen LogP contribution in [0.25, 0.3) is 0 Å². The van der Waals surface area contributed by atoms with E-state index < -0.39 is 5.97 Å². The summed E-state index contributed by atoms with van der Waals surface area (Å²) in [5.74, 6) is 0.587. The van der Waals surface area contributed by atoms with Crippen molar-refractivity contribution in [2.75, 3.05) is 24.4 Å². The van der Waals surface area contributed by atoms with Crippen LogP contribution in [-0.4, -0.2) is 35.3 Å². The average molecular weight is 335 g/mol. The number of nitrogens with zero attached hydrogens (tertiary/aromatic N) is 4. The van der Waals surface area contributed by atoms with Gasteiger partial charge in [-0.3, -0.25) is 0 Å². The number of rotatable bonds is 5. The molecule has 2 aromatic carbocycles.